The van der Waals surface area contributed by atoms with Gasteiger partial charge in [0.25, 0.3) is 0 Å². The smallest absolute Gasteiger partial charge is 0.231 e. The predicted octanol–water partition coefficient (Wildman–Crippen LogP) is 0.779. The van der Waals surface area contributed by atoms with Gasteiger partial charge in [-0.1, -0.05) is 6.42 Å². The van der Waals surface area contributed by atoms with Gasteiger partial charge in [-0.15, -0.1) is 24.8 Å². The first-order chi connectivity index (χ1) is 7.27. The fourth-order valence-corrected chi connectivity index (χ4v) is 2.97. The maximum atomic E-state index is 11.0. The summed E-state index contributed by atoms with van der Waals surface area (Å²) >= 11 is 0. The molecule has 0 bridgehead atoms. The standard InChI is InChI=1S/C11H21N3O.2ClH/c12-11(15)8-14-6-2-1-3-9-7-13-5-4-10(9)14;;/h9-10,13H,1-8H2,(H2,12,15);2*1H/t9-,10+;;/m0../s1. The zero-order valence-electron chi connectivity index (χ0n) is 10.1. The number of piperidine rings is 1. The van der Waals surface area contributed by atoms with Crippen LogP contribution in [-0.2, 0) is 4.79 Å². The van der Waals surface area contributed by atoms with E-state index in [1.165, 1.54) is 19.3 Å². The van der Waals surface area contributed by atoms with Crippen molar-refractivity contribution in [3.05, 3.63) is 0 Å². The summed E-state index contributed by atoms with van der Waals surface area (Å²) in [5, 5.41) is 3.44. The molecule has 2 saturated heterocycles. The quantitative estimate of drug-likeness (QED) is 0.788. The van der Waals surface area contributed by atoms with E-state index in [0.29, 0.717) is 12.6 Å². The molecule has 0 spiro atoms. The van der Waals surface area contributed by atoms with E-state index in [4.69, 9.17) is 5.73 Å². The lowest BCUT2D eigenvalue weighted by molar-refractivity contribution is -0.120. The van der Waals surface area contributed by atoms with E-state index in [0.717, 1.165) is 32.0 Å². The fraction of sp³-hybridized carbons (Fsp3) is 0.909. The molecule has 2 fully saturated rings. The van der Waals surface area contributed by atoms with Crippen LogP contribution in [0.3, 0.4) is 0 Å². The number of primary amides is 1. The average molecular weight is 284 g/mol. The molecule has 1 amide bonds. The Morgan fingerprint density at radius 3 is 2.76 bits per heavy atom. The van der Waals surface area contributed by atoms with Gasteiger partial charge < -0.3 is 11.1 Å². The van der Waals surface area contributed by atoms with Crippen molar-refractivity contribution in [2.45, 2.75) is 31.7 Å². The summed E-state index contributed by atoms with van der Waals surface area (Å²) in [6.07, 6.45) is 4.96. The van der Waals surface area contributed by atoms with Gasteiger partial charge in [0.1, 0.15) is 0 Å². The van der Waals surface area contributed by atoms with E-state index in [-0.39, 0.29) is 30.7 Å². The number of nitrogens with one attached hydrogen (secondary N) is 1. The summed E-state index contributed by atoms with van der Waals surface area (Å²) in [6.45, 7) is 3.68. The highest BCUT2D eigenvalue weighted by atomic mass is 35.5. The highest BCUT2D eigenvalue weighted by Crippen LogP contribution is 2.26. The Morgan fingerprint density at radius 1 is 1.29 bits per heavy atom. The number of nitrogens with zero attached hydrogens (tertiary/aromatic N) is 1. The molecule has 2 heterocycles. The minimum atomic E-state index is -0.186. The molecule has 102 valence electrons. The molecule has 0 aromatic rings. The number of halogens is 2. The van der Waals surface area contributed by atoms with Crippen molar-refractivity contribution >= 4 is 30.7 Å². The zero-order chi connectivity index (χ0) is 10.7. The van der Waals surface area contributed by atoms with E-state index in [1.54, 1.807) is 0 Å². The summed E-state index contributed by atoms with van der Waals surface area (Å²) in [4.78, 5) is 13.3. The highest BCUT2D eigenvalue weighted by Gasteiger charge is 2.31. The maximum absolute atomic E-state index is 11.0. The molecule has 17 heavy (non-hydrogen) atoms. The Labute approximate surface area is 115 Å². The summed E-state index contributed by atoms with van der Waals surface area (Å²) < 4.78 is 0. The average Bonchev–Trinajstić information content (AvgIpc) is 2.41. The zero-order valence-corrected chi connectivity index (χ0v) is 11.7. The number of nitrogens with two attached hydrogens (primary N) is 1. The Kier molecular flexibility index (Phi) is 8.12. The molecule has 6 heteroatoms. The van der Waals surface area contributed by atoms with E-state index in [2.05, 4.69) is 10.2 Å². The SMILES string of the molecule is Cl.Cl.NC(=O)CN1CCCC[C@H]2CNCC[C@H]21. The molecule has 0 saturated carbocycles. The van der Waals surface area contributed by atoms with Crippen molar-refractivity contribution in [1.82, 2.24) is 10.2 Å². The van der Waals surface area contributed by atoms with Gasteiger partial charge in [0.2, 0.25) is 5.91 Å². The second-order valence-electron chi connectivity index (χ2n) is 4.75. The van der Waals surface area contributed by atoms with Crippen LogP contribution in [0.5, 0.6) is 0 Å². The predicted molar refractivity (Wildman–Crippen MR) is 73.9 cm³/mol. The lowest BCUT2D eigenvalue weighted by Crippen LogP contribution is -2.50. The number of hydrogen-bond acceptors (Lipinski definition) is 3. The van der Waals surface area contributed by atoms with E-state index >= 15 is 0 Å². The van der Waals surface area contributed by atoms with Gasteiger partial charge in [-0.05, 0) is 44.8 Å². The summed E-state index contributed by atoms with van der Waals surface area (Å²) in [7, 11) is 0. The second-order valence-corrected chi connectivity index (χ2v) is 4.75. The first-order valence-corrected chi connectivity index (χ1v) is 6.00. The summed E-state index contributed by atoms with van der Waals surface area (Å²) in [5.41, 5.74) is 5.30. The highest BCUT2D eigenvalue weighted by molar-refractivity contribution is 5.85. The minimum Gasteiger partial charge on any atom is -0.369 e. The van der Waals surface area contributed by atoms with Gasteiger partial charge >= 0.3 is 0 Å². The third-order valence-corrected chi connectivity index (χ3v) is 3.67. The van der Waals surface area contributed by atoms with E-state index in [1.807, 2.05) is 0 Å². The van der Waals surface area contributed by atoms with Crippen LogP contribution in [0, 0.1) is 5.92 Å². The molecule has 2 aliphatic heterocycles. The Hall–Kier alpha value is -0.0300. The lowest BCUT2D eigenvalue weighted by Gasteiger charge is -2.37. The maximum Gasteiger partial charge on any atom is 0.231 e. The van der Waals surface area contributed by atoms with Crippen molar-refractivity contribution in [1.29, 1.82) is 0 Å². The number of carbonyl (C=O) groups is 1. The van der Waals surface area contributed by atoms with Crippen LogP contribution >= 0.6 is 24.8 Å². The van der Waals surface area contributed by atoms with Gasteiger partial charge in [0.05, 0.1) is 6.54 Å². The number of amides is 1. The number of rotatable bonds is 2. The van der Waals surface area contributed by atoms with Gasteiger partial charge in [0.15, 0.2) is 0 Å². The molecule has 0 radical (unpaired) electrons. The van der Waals surface area contributed by atoms with Gasteiger partial charge in [-0.3, -0.25) is 9.69 Å². The first kappa shape index (κ1) is 17.0. The normalized spacial score (nSPS) is 29.2. The largest absolute Gasteiger partial charge is 0.369 e. The third kappa shape index (κ3) is 4.62. The van der Waals surface area contributed by atoms with Crippen molar-refractivity contribution in [3.8, 4) is 0 Å². The molecule has 0 unspecified atom stereocenters. The minimum absolute atomic E-state index is 0. The topological polar surface area (TPSA) is 58.4 Å². The second kappa shape index (κ2) is 8.14. The van der Waals surface area contributed by atoms with Crippen LogP contribution in [0.4, 0.5) is 0 Å². The number of likely N-dealkylation sites (tertiary alicyclic amines) is 1. The monoisotopic (exact) mass is 283 g/mol. The van der Waals surface area contributed by atoms with Crippen molar-refractivity contribution < 1.29 is 4.79 Å². The molecule has 0 aromatic carbocycles. The molecule has 0 aliphatic carbocycles. The molecule has 0 aromatic heterocycles. The van der Waals surface area contributed by atoms with Crippen LogP contribution in [0.25, 0.3) is 0 Å². The van der Waals surface area contributed by atoms with Crippen LogP contribution in [0.15, 0.2) is 0 Å². The van der Waals surface area contributed by atoms with E-state index in [9.17, 15) is 4.79 Å². The van der Waals surface area contributed by atoms with Gasteiger partial charge in [0, 0.05) is 6.04 Å². The number of hydrogen-bond donors (Lipinski definition) is 2. The van der Waals surface area contributed by atoms with Crippen molar-refractivity contribution in [3.63, 3.8) is 0 Å². The van der Waals surface area contributed by atoms with Crippen molar-refractivity contribution in [2.75, 3.05) is 26.2 Å². The summed E-state index contributed by atoms with van der Waals surface area (Å²) in [6, 6.07) is 0.584. The van der Waals surface area contributed by atoms with Gasteiger partial charge in [-0.25, -0.2) is 0 Å². The molecular formula is C11H23Cl2N3O. The van der Waals surface area contributed by atoms with Crippen LogP contribution < -0.4 is 11.1 Å². The molecule has 2 atom stereocenters. The molecular weight excluding hydrogens is 261 g/mol. The Balaban J connectivity index is 0.00000128. The first-order valence-electron chi connectivity index (χ1n) is 6.00. The summed E-state index contributed by atoms with van der Waals surface area (Å²) in [5.74, 6) is 0.537. The molecule has 4 nitrogen and oxygen atoms in total. The lowest BCUT2D eigenvalue weighted by atomic mass is 9.89. The van der Waals surface area contributed by atoms with Crippen LogP contribution in [0.2, 0.25) is 0 Å². The van der Waals surface area contributed by atoms with Gasteiger partial charge in [-0.2, -0.15) is 0 Å². The number of carbonyl (C=O) groups excluding carboxylic acids is 1. The molecule has 2 aliphatic rings. The fourth-order valence-electron chi connectivity index (χ4n) is 2.97. The Bertz CT molecular complexity index is 241. The van der Waals surface area contributed by atoms with E-state index < -0.39 is 0 Å². The van der Waals surface area contributed by atoms with Crippen molar-refractivity contribution in [2.24, 2.45) is 11.7 Å². The number of fused-ring (bicyclic) bond motifs is 1. The molecule has 2 rings (SSSR count). The van der Waals surface area contributed by atoms with Crippen LogP contribution in [-0.4, -0.2) is 43.0 Å². The third-order valence-electron chi connectivity index (χ3n) is 3.67. The van der Waals surface area contributed by atoms with Crippen LogP contribution in [0.1, 0.15) is 25.7 Å². The molecule has 3 N–H and O–H groups in total. The Morgan fingerprint density at radius 2 is 2.06 bits per heavy atom.